The minimum atomic E-state index is 0.155. The molecule has 1 spiro atoms. The first-order valence-electron chi connectivity index (χ1n) is 8.46. The number of aromatic nitrogens is 2. The summed E-state index contributed by atoms with van der Waals surface area (Å²) in [6.45, 7) is 4.04. The van der Waals surface area contributed by atoms with Crippen LogP contribution in [-0.4, -0.2) is 28.7 Å². The summed E-state index contributed by atoms with van der Waals surface area (Å²) >= 11 is 0. The maximum absolute atomic E-state index is 6.24. The van der Waals surface area contributed by atoms with E-state index < -0.39 is 0 Å². The summed E-state index contributed by atoms with van der Waals surface area (Å²) < 4.78 is 6.24. The van der Waals surface area contributed by atoms with E-state index in [1.165, 1.54) is 38.5 Å². The van der Waals surface area contributed by atoms with E-state index >= 15 is 0 Å². The molecule has 0 bridgehead atoms. The fraction of sp³-hybridized carbons (Fsp3) is 0.765. The number of hydrogen-bond donors (Lipinski definition) is 1. The zero-order valence-electron chi connectivity index (χ0n) is 13.1. The van der Waals surface area contributed by atoms with E-state index in [1.54, 1.807) is 6.33 Å². The van der Waals surface area contributed by atoms with Crippen molar-refractivity contribution in [2.24, 2.45) is 5.92 Å². The van der Waals surface area contributed by atoms with Crippen LogP contribution in [-0.2, 0) is 4.74 Å². The Hall–Kier alpha value is -1.00. The lowest BCUT2D eigenvalue weighted by atomic mass is 9.73. The Morgan fingerprint density at radius 3 is 2.95 bits per heavy atom. The molecule has 0 radical (unpaired) electrons. The highest BCUT2D eigenvalue weighted by atomic mass is 16.5. The number of nitrogens with one attached hydrogen (secondary N) is 1. The predicted octanol–water partition coefficient (Wildman–Crippen LogP) is 3.26. The fourth-order valence-electron chi connectivity index (χ4n) is 4.11. The van der Waals surface area contributed by atoms with Gasteiger partial charge in [-0.2, -0.15) is 0 Å². The van der Waals surface area contributed by atoms with E-state index in [4.69, 9.17) is 4.74 Å². The Morgan fingerprint density at radius 2 is 2.24 bits per heavy atom. The van der Waals surface area contributed by atoms with Crippen molar-refractivity contribution in [2.45, 2.75) is 63.5 Å². The van der Waals surface area contributed by atoms with Crippen LogP contribution in [0.2, 0.25) is 0 Å². The van der Waals surface area contributed by atoms with E-state index in [0.717, 1.165) is 25.3 Å². The van der Waals surface area contributed by atoms with Crippen molar-refractivity contribution in [3.63, 3.8) is 0 Å². The average molecular weight is 289 g/mol. The molecule has 1 aromatic rings. The van der Waals surface area contributed by atoms with E-state index in [1.807, 2.05) is 6.20 Å². The molecule has 1 aliphatic carbocycles. The lowest BCUT2D eigenvalue weighted by molar-refractivity contribution is -0.122. The lowest BCUT2D eigenvalue weighted by Gasteiger charge is -2.45. The molecule has 21 heavy (non-hydrogen) atoms. The van der Waals surface area contributed by atoms with Gasteiger partial charge in [-0.1, -0.05) is 26.2 Å². The van der Waals surface area contributed by atoms with Gasteiger partial charge in [0.25, 0.3) is 0 Å². The summed E-state index contributed by atoms with van der Waals surface area (Å²) in [7, 11) is 0. The summed E-state index contributed by atoms with van der Waals surface area (Å²) in [5.74, 6) is 0.617. The van der Waals surface area contributed by atoms with Crippen LogP contribution in [0.3, 0.4) is 0 Å². The SMILES string of the molecule is CCNC(c1ccncn1)C1CCOC2(CCCCC2)C1. The quantitative estimate of drug-likeness (QED) is 0.924. The van der Waals surface area contributed by atoms with E-state index in [-0.39, 0.29) is 5.60 Å². The van der Waals surface area contributed by atoms with Crippen LogP contribution in [0.5, 0.6) is 0 Å². The van der Waals surface area contributed by atoms with Crippen LogP contribution in [0.25, 0.3) is 0 Å². The number of nitrogens with zero attached hydrogens (tertiary/aromatic N) is 2. The van der Waals surface area contributed by atoms with E-state index in [2.05, 4.69) is 28.3 Å². The Bertz CT molecular complexity index is 425. The summed E-state index contributed by atoms with van der Waals surface area (Å²) in [6, 6.07) is 2.39. The molecule has 2 unspecified atom stereocenters. The van der Waals surface area contributed by atoms with Gasteiger partial charge in [0.05, 0.1) is 17.3 Å². The molecular weight excluding hydrogens is 262 g/mol. The molecule has 2 aliphatic rings. The monoisotopic (exact) mass is 289 g/mol. The van der Waals surface area contributed by atoms with Crippen LogP contribution < -0.4 is 5.32 Å². The molecule has 1 aromatic heterocycles. The van der Waals surface area contributed by atoms with Crippen LogP contribution in [0.15, 0.2) is 18.6 Å². The van der Waals surface area contributed by atoms with Crippen molar-refractivity contribution < 1.29 is 4.74 Å². The standard InChI is InChI=1S/C17H27N3O/c1-2-19-16(15-6-10-18-13-20-15)14-7-11-21-17(12-14)8-4-3-5-9-17/h6,10,13-14,16,19H,2-5,7-9,11-12H2,1H3. The van der Waals surface area contributed by atoms with Gasteiger partial charge in [0.1, 0.15) is 6.33 Å². The zero-order chi connectivity index (χ0) is 14.5. The molecule has 2 heterocycles. The molecule has 1 N–H and O–H groups in total. The van der Waals surface area contributed by atoms with Crippen molar-refractivity contribution in [3.05, 3.63) is 24.3 Å². The number of hydrogen-bond acceptors (Lipinski definition) is 4. The normalized spacial score (nSPS) is 26.6. The molecule has 4 heteroatoms. The van der Waals surface area contributed by atoms with Gasteiger partial charge in [-0.25, -0.2) is 9.97 Å². The van der Waals surface area contributed by atoms with Crippen molar-refractivity contribution in [3.8, 4) is 0 Å². The van der Waals surface area contributed by atoms with Gasteiger partial charge in [0, 0.05) is 12.8 Å². The van der Waals surface area contributed by atoms with Crippen LogP contribution >= 0.6 is 0 Å². The van der Waals surface area contributed by atoms with E-state index in [9.17, 15) is 0 Å². The van der Waals surface area contributed by atoms with Gasteiger partial charge < -0.3 is 10.1 Å². The molecule has 1 saturated carbocycles. The molecule has 2 atom stereocenters. The lowest BCUT2D eigenvalue weighted by Crippen LogP contribution is -2.45. The average Bonchev–Trinajstić information content (AvgIpc) is 2.54. The second-order valence-electron chi connectivity index (χ2n) is 6.51. The largest absolute Gasteiger partial charge is 0.375 e. The Morgan fingerprint density at radius 1 is 1.38 bits per heavy atom. The molecule has 2 fully saturated rings. The molecule has 4 nitrogen and oxygen atoms in total. The third kappa shape index (κ3) is 3.43. The third-order valence-corrected chi connectivity index (χ3v) is 5.11. The van der Waals surface area contributed by atoms with Crippen molar-refractivity contribution in [1.29, 1.82) is 0 Å². The maximum atomic E-state index is 6.24. The van der Waals surface area contributed by atoms with Gasteiger partial charge in [-0.05, 0) is 44.2 Å². The molecule has 1 aliphatic heterocycles. The summed E-state index contributed by atoms with van der Waals surface area (Å²) in [6.07, 6.45) is 12.3. The topological polar surface area (TPSA) is 47.0 Å². The first kappa shape index (κ1) is 14.9. The summed E-state index contributed by atoms with van der Waals surface area (Å²) in [4.78, 5) is 8.54. The van der Waals surface area contributed by atoms with Crippen molar-refractivity contribution in [2.75, 3.05) is 13.2 Å². The van der Waals surface area contributed by atoms with Gasteiger partial charge in [0.15, 0.2) is 0 Å². The molecular formula is C17H27N3O. The highest BCUT2D eigenvalue weighted by Gasteiger charge is 2.41. The van der Waals surface area contributed by atoms with Gasteiger partial charge >= 0.3 is 0 Å². The second kappa shape index (κ2) is 6.84. The van der Waals surface area contributed by atoms with Crippen molar-refractivity contribution in [1.82, 2.24) is 15.3 Å². The zero-order valence-corrected chi connectivity index (χ0v) is 13.1. The highest BCUT2D eigenvalue weighted by Crippen LogP contribution is 2.43. The molecule has 1 saturated heterocycles. The predicted molar refractivity (Wildman–Crippen MR) is 82.9 cm³/mol. The molecule has 116 valence electrons. The van der Waals surface area contributed by atoms with Gasteiger partial charge in [-0.3, -0.25) is 0 Å². The van der Waals surface area contributed by atoms with Crippen LogP contribution in [0, 0.1) is 5.92 Å². The minimum absolute atomic E-state index is 0.155. The smallest absolute Gasteiger partial charge is 0.115 e. The van der Waals surface area contributed by atoms with Gasteiger partial charge in [0.2, 0.25) is 0 Å². The fourth-order valence-corrected chi connectivity index (χ4v) is 4.11. The van der Waals surface area contributed by atoms with Crippen LogP contribution in [0.4, 0.5) is 0 Å². The Labute approximate surface area is 127 Å². The Balaban J connectivity index is 1.76. The summed E-state index contributed by atoms with van der Waals surface area (Å²) in [5, 5.41) is 3.64. The minimum Gasteiger partial charge on any atom is -0.375 e. The van der Waals surface area contributed by atoms with Gasteiger partial charge in [-0.15, -0.1) is 0 Å². The first-order chi connectivity index (χ1) is 10.3. The molecule has 3 rings (SSSR count). The third-order valence-electron chi connectivity index (χ3n) is 5.11. The van der Waals surface area contributed by atoms with Crippen LogP contribution in [0.1, 0.15) is 63.6 Å². The Kier molecular flexibility index (Phi) is 4.86. The second-order valence-corrected chi connectivity index (χ2v) is 6.51. The highest BCUT2D eigenvalue weighted by molar-refractivity contribution is 5.08. The molecule has 0 amide bonds. The van der Waals surface area contributed by atoms with Crippen molar-refractivity contribution >= 4 is 0 Å². The summed E-state index contributed by atoms with van der Waals surface area (Å²) in [5.41, 5.74) is 1.28. The molecule has 0 aromatic carbocycles. The number of rotatable bonds is 4. The maximum Gasteiger partial charge on any atom is 0.115 e. The first-order valence-corrected chi connectivity index (χ1v) is 8.46. The number of ether oxygens (including phenoxy) is 1. The van der Waals surface area contributed by atoms with E-state index in [0.29, 0.717) is 12.0 Å².